The van der Waals surface area contributed by atoms with Crippen molar-refractivity contribution in [2.45, 2.75) is 19.8 Å². The largest absolute Gasteiger partial charge is 0.353 e. The molecule has 2 fully saturated rings. The van der Waals surface area contributed by atoms with Crippen molar-refractivity contribution < 1.29 is 14.1 Å². The second kappa shape index (κ2) is 7.57. The number of aryl methyl sites for hydroxylation is 1. The molecule has 28 heavy (non-hydrogen) atoms. The van der Waals surface area contributed by atoms with Crippen molar-refractivity contribution in [3.63, 3.8) is 0 Å². The second-order valence-corrected chi connectivity index (χ2v) is 7.32. The molecule has 0 unspecified atom stereocenters. The van der Waals surface area contributed by atoms with Gasteiger partial charge < -0.3 is 19.2 Å². The Bertz CT molecular complexity index is 846. The molecule has 148 valence electrons. The van der Waals surface area contributed by atoms with Crippen molar-refractivity contribution in [1.29, 1.82) is 0 Å². The molecule has 9 nitrogen and oxygen atoms in total. The van der Waals surface area contributed by atoms with Gasteiger partial charge in [-0.2, -0.15) is 4.98 Å². The van der Waals surface area contributed by atoms with Crippen molar-refractivity contribution in [1.82, 2.24) is 24.9 Å². The van der Waals surface area contributed by atoms with Gasteiger partial charge in [-0.05, 0) is 19.1 Å². The maximum atomic E-state index is 13.3. The number of anilines is 1. The van der Waals surface area contributed by atoms with Crippen LogP contribution in [0.2, 0.25) is 0 Å². The summed E-state index contributed by atoms with van der Waals surface area (Å²) < 4.78 is 5.33. The first-order chi connectivity index (χ1) is 13.5. The van der Waals surface area contributed by atoms with E-state index >= 15 is 0 Å². The molecule has 0 aliphatic carbocycles. The molecule has 2 amide bonds. The fourth-order valence-electron chi connectivity index (χ4n) is 3.96. The number of aromatic nitrogens is 3. The molecule has 9 heteroatoms. The average Bonchev–Trinajstić information content (AvgIpc) is 3.35. The molecule has 2 atom stereocenters. The lowest BCUT2D eigenvalue weighted by atomic mass is 9.94. The highest BCUT2D eigenvalue weighted by molar-refractivity contribution is 5.83. The Morgan fingerprint density at radius 2 is 1.89 bits per heavy atom. The molecular formula is C19H24N6O3. The van der Waals surface area contributed by atoms with E-state index in [0.29, 0.717) is 37.9 Å². The quantitative estimate of drug-likeness (QED) is 0.768. The Hall–Kier alpha value is -2.97. The maximum Gasteiger partial charge on any atom is 0.232 e. The van der Waals surface area contributed by atoms with Crippen LogP contribution >= 0.6 is 0 Å². The first kappa shape index (κ1) is 18.4. The first-order valence-electron chi connectivity index (χ1n) is 9.53. The normalized spacial score (nSPS) is 22.6. The second-order valence-electron chi connectivity index (χ2n) is 7.32. The van der Waals surface area contributed by atoms with Crippen LogP contribution in [0.3, 0.4) is 0 Å². The zero-order valence-electron chi connectivity index (χ0n) is 16.1. The molecule has 4 rings (SSSR count). The van der Waals surface area contributed by atoms with E-state index in [2.05, 4.69) is 20.0 Å². The van der Waals surface area contributed by atoms with E-state index in [0.717, 1.165) is 18.9 Å². The minimum atomic E-state index is -0.356. The SMILES string of the molecule is CC(=O)N1C[C@@H](C(=O)N2CCN(c3ccccn3)CC2)[C@H](c2nc(C)no2)C1. The number of amides is 2. The Morgan fingerprint density at radius 3 is 2.50 bits per heavy atom. The molecule has 0 saturated carbocycles. The average molecular weight is 384 g/mol. The van der Waals surface area contributed by atoms with Crippen molar-refractivity contribution in [2.24, 2.45) is 5.92 Å². The van der Waals surface area contributed by atoms with Crippen LogP contribution in [0.4, 0.5) is 5.82 Å². The monoisotopic (exact) mass is 384 g/mol. The van der Waals surface area contributed by atoms with Gasteiger partial charge in [-0.15, -0.1) is 0 Å². The number of likely N-dealkylation sites (tertiary alicyclic amines) is 1. The molecule has 4 heterocycles. The van der Waals surface area contributed by atoms with Crippen LogP contribution in [0.15, 0.2) is 28.9 Å². The van der Waals surface area contributed by atoms with Crippen molar-refractivity contribution in [3.8, 4) is 0 Å². The molecule has 2 aromatic heterocycles. The Kier molecular flexibility index (Phi) is 4.97. The predicted octanol–water partition coefficient (Wildman–Crippen LogP) is 0.684. The van der Waals surface area contributed by atoms with E-state index in [1.165, 1.54) is 6.92 Å². The Morgan fingerprint density at radius 1 is 1.11 bits per heavy atom. The first-order valence-corrected chi connectivity index (χ1v) is 9.53. The Balaban J connectivity index is 1.46. The fraction of sp³-hybridized carbons (Fsp3) is 0.526. The summed E-state index contributed by atoms with van der Waals surface area (Å²) in [6.07, 6.45) is 1.78. The Labute approximate surface area is 163 Å². The van der Waals surface area contributed by atoms with Gasteiger partial charge in [-0.1, -0.05) is 11.2 Å². The summed E-state index contributed by atoms with van der Waals surface area (Å²) in [4.78, 5) is 39.6. The summed E-state index contributed by atoms with van der Waals surface area (Å²) >= 11 is 0. The third-order valence-corrected chi connectivity index (χ3v) is 5.51. The van der Waals surface area contributed by atoms with Gasteiger partial charge in [0.15, 0.2) is 5.82 Å². The highest BCUT2D eigenvalue weighted by Crippen LogP contribution is 2.33. The lowest BCUT2D eigenvalue weighted by Crippen LogP contribution is -2.51. The number of rotatable bonds is 3. The van der Waals surface area contributed by atoms with Gasteiger partial charge in [-0.25, -0.2) is 4.98 Å². The van der Waals surface area contributed by atoms with Crippen molar-refractivity contribution in [3.05, 3.63) is 36.1 Å². The molecule has 0 bridgehead atoms. The van der Waals surface area contributed by atoms with E-state index in [1.54, 1.807) is 18.0 Å². The highest BCUT2D eigenvalue weighted by atomic mass is 16.5. The third kappa shape index (κ3) is 3.56. The van der Waals surface area contributed by atoms with Gasteiger partial charge in [0, 0.05) is 52.4 Å². The number of carbonyl (C=O) groups is 2. The summed E-state index contributed by atoms with van der Waals surface area (Å²) in [5, 5.41) is 3.85. The molecule has 0 radical (unpaired) electrons. The lowest BCUT2D eigenvalue weighted by molar-refractivity contribution is -0.136. The van der Waals surface area contributed by atoms with Crippen LogP contribution in [-0.2, 0) is 9.59 Å². The molecular weight excluding hydrogens is 360 g/mol. The minimum Gasteiger partial charge on any atom is -0.353 e. The molecule has 0 spiro atoms. The van der Waals surface area contributed by atoms with Crippen molar-refractivity contribution in [2.75, 3.05) is 44.2 Å². The molecule has 0 aromatic carbocycles. The summed E-state index contributed by atoms with van der Waals surface area (Å²) in [5.74, 6) is 1.29. The molecule has 2 aliphatic rings. The summed E-state index contributed by atoms with van der Waals surface area (Å²) in [6, 6.07) is 5.84. The van der Waals surface area contributed by atoms with Crippen LogP contribution in [0, 0.1) is 12.8 Å². The number of pyridine rings is 1. The van der Waals surface area contributed by atoms with Crippen molar-refractivity contribution >= 4 is 17.6 Å². The van der Waals surface area contributed by atoms with E-state index in [1.807, 2.05) is 23.1 Å². The van der Waals surface area contributed by atoms with Gasteiger partial charge in [0.25, 0.3) is 0 Å². The van der Waals surface area contributed by atoms with Crippen LogP contribution < -0.4 is 4.90 Å². The topological polar surface area (TPSA) is 95.7 Å². The number of piperazine rings is 1. The van der Waals surface area contributed by atoms with E-state index in [4.69, 9.17) is 4.52 Å². The van der Waals surface area contributed by atoms with Gasteiger partial charge in [0.05, 0.1) is 11.8 Å². The number of nitrogens with zero attached hydrogens (tertiary/aromatic N) is 6. The van der Waals surface area contributed by atoms with Crippen LogP contribution in [0.1, 0.15) is 24.6 Å². The van der Waals surface area contributed by atoms with E-state index < -0.39 is 0 Å². The van der Waals surface area contributed by atoms with Gasteiger partial charge in [-0.3, -0.25) is 9.59 Å². The summed E-state index contributed by atoms with van der Waals surface area (Å²) in [5.41, 5.74) is 0. The van der Waals surface area contributed by atoms with Gasteiger partial charge in [0.2, 0.25) is 17.7 Å². The minimum absolute atomic E-state index is 0.0449. The van der Waals surface area contributed by atoms with Crippen LogP contribution in [0.5, 0.6) is 0 Å². The summed E-state index contributed by atoms with van der Waals surface area (Å²) in [7, 11) is 0. The zero-order valence-corrected chi connectivity index (χ0v) is 16.1. The van der Waals surface area contributed by atoms with E-state index in [-0.39, 0.29) is 23.7 Å². The fourth-order valence-corrected chi connectivity index (χ4v) is 3.96. The molecule has 2 saturated heterocycles. The molecule has 0 N–H and O–H groups in total. The third-order valence-electron chi connectivity index (χ3n) is 5.51. The molecule has 2 aliphatic heterocycles. The zero-order chi connectivity index (χ0) is 19.7. The van der Waals surface area contributed by atoms with Crippen LogP contribution in [-0.4, -0.2) is 76.0 Å². The predicted molar refractivity (Wildman–Crippen MR) is 101 cm³/mol. The van der Waals surface area contributed by atoms with Gasteiger partial charge in [0.1, 0.15) is 5.82 Å². The number of hydrogen-bond acceptors (Lipinski definition) is 7. The van der Waals surface area contributed by atoms with E-state index in [9.17, 15) is 9.59 Å². The molecule has 2 aromatic rings. The van der Waals surface area contributed by atoms with Crippen LogP contribution in [0.25, 0.3) is 0 Å². The number of hydrogen-bond donors (Lipinski definition) is 0. The standard InChI is InChI=1S/C19H24N6O3/c1-13-21-18(28-22-13)15-11-25(14(2)26)12-16(15)19(27)24-9-7-23(8-10-24)17-5-3-4-6-20-17/h3-6,15-16H,7-12H2,1-2H3/t15-,16-/m1/s1. The maximum absolute atomic E-state index is 13.3. The smallest absolute Gasteiger partial charge is 0.232 e. The lowest BCUT2D eigenvalue weighted by Gasteiger charge is -2.37. The summed E-state index contributed by atoms with van der Waals surface area (Å²) in [6.45, 7) is 6.81. The van der Waals surface area contributed by atoms with Gasteiger partial charge >= 0.3 is 0 Å². The number of carbonyl (C=O) groups excluding carboxylic acids is 2. The highest BCUT2D eigenvalue weighted by Gasteiger charge is 2.44.